The lowest BCUT2D eigenvalue weighted by Gasteiger charge is -2.09. The van der Waals surface area contributed by atoms with Crippen molar-refractivity contribution in [3.05, 3.63) is 47.3 Å². The van der Waals surface area contributed by atoms with Crippen LogP contribution in [-0.4, -0.2) is 22.7 Å². The lowest BCUT2D eigenvalue weighted by molar-refractivity contribution is 0.106. The van der Waals surface area contributed by atoms with Crippen molar-refractivity contribution < 1.29 is 9.53 Å². The Hall–Kier alpha value is -1.94. The average Bonchev–Trinajstić information content (AvgIpc) is 2.78. The first-order valence-corrected chi connectivity index (χ1v) is 5.59. The number of rotatable bonds is 2. The Kier molecular flexibility index (Phi) is 2.49. The van der Waals surface area contributed by atoms with Crippen LogP contribution in [0.1, 0.15) is 21.7 Å². The third kappa shape index (κ3) is 1.66. The SMILES string of the molecule is O=Cc1c2c(nn1-c1ccccc1)COCC2. The third-order valence-electron chi connectivity index (χ3n) is 2.95. The van der Waals surface area contributed by atoms with Gasteiger partial charge in [-0.3, -0.25) is 4.79 Å². The van der Waals surface area contributed by atoms with Gasteiger partial charge in [-0.2, -0.15) is 5.10 Å². The predicted octanol–water partition coefficient (Wildman–Crippen LogP) is 1.76. The zero-order valence-electron chi connectivity index (χ0n) is 9.30. The van der Waals surface area contributed by atoms with Gasteiger partial charge in [-0.15, -0.1) is 0 Å². The van der Waals surface area contributed by atoms with Crippen molar-refractivity contribution in [2.75, 3.05) is 6.61 Å². The maximum atomic E-state index is 11.2. The van der Waals surface area contributed by atoms with Gasteiger partial charge in [0.15, 0.2) is 6.29 Å². The summed E-state index contributed by atoms with van der Waals surface area (Å²) < 4.78 is 7.05. The van der Waals surface area contributed by atoms with Gasteiger partial charge >= 0.3 is 0 Å². The molecule has 0 saturated heterocycles. The Labute approximate surface area is 98.8 Å². The van der Waals surface area contributed by atoms with Crippen LogP contribution in [0.15, 0.2) is 30.3 Å². The van der Waals surface area contributed by atoms with Gasteiger partial charge in [-0.25, -0.2) is 4.68 Å². The summed E-state index contributed by atoms with van der Waals surface area (Å²) in [6.07, 6.45) is 1.64. The topological polar surface area (TPSA) is 44.1 Å². The maximum absolute atomic E-state index is 11.2. The number of para-hydroxylation sites is 1. The van der Waals surface area contributed by atoms with Gasteiger partial charge in [0.1, 0.15) is 5.69 Å². The van der Waals surface area contributed by atoms with E-state index in [9.17, 15) is 4.79 Å². The largest absolute Gasteiger partial charge is 0.375 e. The molecule has 1 aliphatic heterocycles. The number of hydrogen-bond donors (Lipinski definition) is 0. The van der Waals surface area contributed by atoms with E-state index in [1.54, 1.807) is 4.68 Å². The number of hydrogen-bond acceptors (Lipinski definition) is 3. The van der Waals surface area contributed by atoms with Gasteiger partial charge in [-0.05, 0) is 12.1 Å². The van der Waals surface area contributed by atoms with E-state index in [0.29, 0.717) is 18.9 Å². The predicted molar refractivity (Wildman–Crippen MR) is 62.3 cm³/mol. The Balaban J connectivity index is 2.17. The molecule has 1 aromatic carbocycles. The molecule has 0 N–H and O–H groups in total. The molecule has 3 rings (SSSR count). The van der Waals surface area contributed by atoms with Gasteiger partial charge < -0.3 is 4.74 Å². The smallest absolute Gasteiger partial charge is 0.168 e. The fourth-order valence-corrected chi connectivity index (χ4v) is 2.13. The van der Waals surface area contributed by atoms with Gasteiger partial charge in [0.2, 0.25) is 0 Å². The standard InChI is InChI=1S/C13H12N2O2/c16-8-13-11-6-7-17-9-12(11)14-15(13)10-4-2-1-3-5-10/h1-5,8H,6-7,9H2. The Morgan fingerprint density at radius 3 is 2.88 bits per heavy atom. The minimum absolute atomic E-state index is 0.496. The Morgan fingerprint density at radius 1 is 1.29 bits per heavy atom. The van der Waals surface area contributed by atoms with Crippen molar-refractivity contribution in [1.29, 1.82) is 0 Å². The van der Waals surface area contributed by atoms with E-state index >= 15 is 0 Å². The molecule has 0 radical (unpaired) electrons. The molecule has 0 spiro atoms. The summed E-state index contributed by atoms with van der Waals surface area (Å²) in [7, 11) is 0. The molecular formula is C13H12N2O2. The summed E-state index contributed by atoms with van der Waals surface area (Å²) in [6, 6.07) is 9.68. The van der Waals surface area contributed by atoms with Crippen LogP contribution in [0, 0.1) is 0 Å². The number of ether oxygens (including phenoxy) is 1. The molecule has 0 saturated carbocycles. The van der Waals surface area contributed by atoms with Crippen molar-refractivity contribution in [3.8, 4) is 5.69 Å². The highest BCUT2D eigenvalue weighted by atomic mass is 16.5. The fraction of sp³-hybridized carbons (Fsp3) is 0.231. The number of carbonyl (C=O) groups excluding carboxylic acids is 1. The van der Waals surface area contributed by atoms with E-state index in [1.165, 1.54) is 0 Å². The molecule has 0 unspecified atom stereocenters. The van der Waals surface area contributed by atoms with Gasteiger partial charge in [0.05, 0.1) is 24.6 Å². The molecule has 0 amide bonds. The highest BCUT2D eigenvalue weighted by Crippen LogP contribution is 2.21. The van der Waals surface area contributed by atoms with E-state index in [4.69, 9.17) is 4.74 Å². The van der Waals surface area contributed by atoms with Crippen LogP contribution in [0.2, 0.25) is 0 Å². The molecule has 4 nitrogen and oxygen atoms in total. The van der Waals surface area contributed by atoms with E-state index in [0.717, 1.165) is 29.7 Å². The molecule has 1 aromatic heterocycles. The lowest BCUT2D eigenvalue weighted by atomic mass is 10.1. The first-order valence-electron chi connectivity index (χ1n) is 5.59. The molecule has 4 heteroatoms. The second-order valence-electron chi connectivity index (χ2n) is 3.98. The molecule has 0 atom stereocenters. The lowest BCUT2D eigenvalue weighted by Crippen LogP contribution is -2.09. The van der Waals surface area contributed by atoms with Crippen LogP contribution in [0.25, 0.3) is 5.69 Å². The Morgan fingerprint density at radius 2 is 2.12 bits per heavy atom. The first-order chi connectivity index (χ1) is 8.40. The van der Waals surface area contributed by atoms with Crippen molar-refractivity contribution in [2.24, 2.45) is 0 Å². The van der Waals surface area contributed by atoms with Crippen molar-refractivity contribution >= 4 is 6.29 Å². The first kappa shape index (κ1) is 10.2. The number of benzene rings is 1. The van der Waals surface area contributed by atoms with Gasteiger partial charge in [-0.1, -0.05) is 18.2 Å². The minimum Gasteiger partial charge on any atom is -0.375 e. The molecule has 1 aliphatic rings. The van der Waals surface area contributed by atoms with E-state index in [-0.39, 0.29) is 0 Å². The molecule has 17 heavy (non-hydrogen) atoms. The summed E-state index contributed by atoms with van der Waals surface area (Å²) in [6.45, 7) is 1.16. The molecule has 0 fully saturated rings. The monoisotopic (exact) mass is 228 g/mol. The van der Waals surface area contributed by atoms with E-state index < -0.39 is 0 Å². The highest BCUT2D eigenvalue weighted by molar-refractivity contribution is 5.76. The van der Waals surface area contributed by atoms with Crippen LogP contribution in [0.5, 0.6) is 0 Å². The molecular weight excluding hydrogens is 216 g/mol. The summed E-state index contributed by atoms with van der Waals surface area (Å²) in [5.41, 5.74) is 3.45. The highest BCUT2D eigenvalue weighted by Gasteiger charge is 2.21. The van der Waals surface area contributed by atoms with E-state index in [1.807, 2.05) is 30.3 Å². The minimum atomic E-state index is 0.496. The summed E-state index contributed by atoms with van der Waals surface area (Å²) in [5, 5.41) is 4.45. The van der Waals surface area contributed by atoms with Crippen molar-refractivity contribution in [2.45, 2.75) is 13.0 Å². The Bertz CT molecular complexity index is 546. The number of aromatic nitrogens is 2. The second kappa shape index (κ2) is 4.14. The normalized spacial score (nSPS) is 14.4. The molecule has 0 bridgehead atoms. The summed E-state index contributed by atoms with van der Waals surface area (Å²) in [5.74, 6) is 0. The number of fused-ring (bicyclic) bond motifs is 1. The van der Waals surface area contributed by atoms with Gasteiger partial charge in [0.25, 0.3) is 0 Å². The quantitative estimate of drug-likeness (QED) is 0.736. The average molecular weight is 228 g/mol. The molecule has 0 aliphatic carbocycles. The second-order valence-corrected chi connectivity index (χ2v) is 3.98. The zero-order valence-corrected chi connectivity index (χ0v) is 9.30. The van der Waals surface area contributed by atoms with Gasteiger partial charge in [0, 0.05) is 12.0 Å². The third-order valence-corrected chi connectivity index (χ3v) is 2.95. The molecule has 2 heterocycles. The summed E-state index contributed by atoms with van der Waals surface area (Å²) >= 11 is 0. The van der Waals surface area contributed by atoms with Crippen LogP contribution in [-0.2, 0) is 17.8 Å². The number of aldehydes is 1. The summed E-state index contributed by atoms with van der Waals surface area (Å²) in [4.78, 5) is 11.2. The van der Waals surface area contributed by atoms with Crippen LogP contribution in [0.4, 0.5) is 0 Å². The van der Waals surface area contributed by atoms with Crippen LogP contribution in [0.3, 0.4) is 0 Å². The number of carbonyl (C=O) groups is 1. The van der Waals surface area contributed by atoms with Crippen molar-refractivity contribution in [3.63, 3.8) is 0 Å². The zero-order chi connectivity index (χ0) is 11.7. The fourth-order valence-electron chi connectivity index (χ4n) is 2.13. The van der Waals surface area contributed by atoms with Crippen LogP contribution >= 0.6 is 0 Å². The molecule has 2 aromatic rings. The van der Waals surface area contributed by atoms with Crippen molar-refractivity contribution in [1.82, 2.24) is 9.78 Å². The number of nitrogens with zero attached hydrogens (tertiary/aromatic N) is 2. The maximum Gasteiger partial charge on any atom is 0.168 e. The molecule has 86 valence electrons. The van der Waals surface area contributed by atoms with E-state index in [2.05, 4.69) is 5.10 Å². The van der Waals surface area contributed by atoms with Crippen LogP contribution < -0.4 is 0 Å².